The zero-order valence-corrected chi connectivity index (χ0v) is 39.4. The number of nitrogens with zero attached hydrogens (tertiary/aromatic N) is 8. The third-order valence-electron chi connectivity index (χ3n) is 12.6. The normalized spacial score (nSPS) is 17.8. The molecule has 3 aliphatic heterocycles. The van der Waals surface area contributed by atoms with Gasteiger partial charge in [-0.05, 0) is 49.6 Å². The predicted octanol–water partition coefficient (Wildman–Crippen LogP) is 3.07. The van der Waals surface area contributed by atoms with Crippen molar-refractivity contribution in [1.29, 1.82) is 0 Å². The number of rotatable bonds is 25. The maximum absolute atomic E-state index is 13.2. The van der Waals surface area contributed by atoms with Crippen LogP contribution in [0, 0.1) is 0 Å². The lowest BCUT2D eigenvalue weighted by Crippen LogP contribution is -2.54. The third kappa shape index (κ3) is 12.4. The fourth-order valence-electron chi connectivity index (χ4n) is 8.98. The van der Waals surface area contributed by atoms with E-state index in [1.54, 1.807) is 37.3 Å². The number of nitrogens with one attached hydrogen (secondary N) is 2. The highest BCUT2D eigenvalue weighted by Crippen LogP contribution is 2.36. The zero-order chi connectivity index (χ0) is 48.1. The molecular weight excluding hydrogens is 893 g/mol. The van der Waals surface area contributed by atoms with Gasteiger partial charge in [0.15, 0.2) is 0 Å². The largest absolute Gasteiger partial charge is 0.490 e. The summed E-state index contributed by atoms with van der Waals surface area (Å²) in [7, 11) is 3.55. The van der Waals surface area contributed by atoms with Crippen molar-refractivity contribution in [3.63, 3.8) is 0 Å². The summed E-state index contributed by atoms with van der Waals surface area (Å²) in [5.41, 5.74) is 2.74. The molecule has 69 heavy (non-hydrogen) atoms. The second-order valence-electron chi connectivity index (χ2n) is 17.4. The summed E-state index contributed by atoms with van der Waals surface area (Å²) in [6.07, 6.45) is 8.15. The van der Waals surface area contributed by atoms with Gasteiger partial charge in [-0.25, -0.2) is 9.97 Å². The van der Waals surface area contributed by atoms with Gasteiger partial charge < -0.3 is 48.1 Å². The molecule has 1 atom stereocenters. The van der Waals surface area contributed by atoms with Crippen LogP contribution in [0.1, 0.15) is 75.8 Å². The highest BCUT2D eigenvalue weighted by molar-refractivity contribution is 6.24. The number of hydrogen-bond donors (Lipinski definition) is 2. The molecule has 0 bridgehead atoms. The fourth-order valence-corrected chi connectivity index (χ4v) is 8.98. The van der Waals surface area contributed by atoms with Crippen molar-refractivity contribution in [2.45, 2.75) is 50.6 Å². The van der Waals surface area contributed by atoms with E-state index in [-0.39, 0.29) is 54.9 Å². The molecule has 4 aliphatic rings. The molecular formula is C48H62N10O11. The number of pyridine rings is 1. The van der Waals surface area contributed by atoms with Crippen LogP contribution in [-0.2, 0) is 33.3 Å². The van der Waals surface area contributed by atoms with Crippen molar-refractivity contribution in [2.24, 2.45) is 0 Å². The van der Waals surface area contributed by atoms with Gasteiger partial charge in [0.2, 0.25) is 17.8 Å². The number of benzene rings is 1. The molecule has 0 radical (unpaired) electrons. The molecule has 21 heteroatoms. The van der Waals surface area contributed by atoms with Crippen molar-refractivity contribution in [1.82, 2.24) is 39.5 Å². The Morgan fingerprint density at radius 1 is 0.768 bits per heavy atom. The number of carbonyl (C=O) groups is 5. The van der Waals surface area contributed by atoms with Crippen LogP contribution in [0.25, 0.3) is 11.0 Å². The number of amides is 5. The van der Waals surface area contributed by atoms with Crippen LogP contribution in [0.3, 0.4) is 0 Å². The number of ether oxygens (including phenoxy) is 6. The first-order valence-electron chi connectivity index (χ1n) is 23.8. The van der Waals surface area contributed by atoms with E-state index in [0.717, 1.165) is 80.0 Å². The van der Waals surface area contributed by atoms with Crippen molar-refractivity contribution in [2.75, 3.05) is 130 Å². The number of carbonyl (C=O) groups excluding carboxylic acids is 5. The number of piperidine rings is 1. The quantitative estimate of drug-likeness (QED) is 0.0720. The molecule has 3 aromatic heterocycles. The number of aromatic nitrogens is 4. The first kappa shape index (κ1) is 49.3. The molecule has 370 valence electrons. The van der Waals surface area contributed by atoms with Crippen LogP contribution >= 0.6 is 0 Å². The van der Waals surface area contributed by atoms with Gasteiger partial charge in [0.1, 0.15) is 35.6 Å². The SMILES string of the molecule is CN(C)C(=O)c1cc2cnc(Nc3ccc(N4CCN(CCOCCOCCOCCOCCOCCOc5cccc6c5C(=O)N(C5CCC(=O)NC5=O)C6=O)CC4)cn3)nc2n1C1CCCC1. The molecule has 2 saturated heterocycles. The van der Waals surface area contributed by atoms with Crippen LogP contribution in [-0.4, -0.2) is 189 Å². The Bertz CT molecular complexity index is 2420. The molecule has 1 aliphatic carbocycles. The monoisotopic (exact) mass is 954 g/mol. The van der Waals surface area contributed by atoms with E-state index in [0.29, 0.717) is 76.9 Å². The molecule has 1 aromatic carbocycles. The smallest absolute Gasteiger partial charge is 0.270 e. The molecule has 1 saturated carbocycles. The topological polar surface area (TPSA) is 221 Å². The van der Waals surface area contributed by atoms with Crippen molar-refractivity contribution in [3.05, 3.63) is 65.6 Å². The first-order valence-corrected chi connectivity index (χ1v) is 23.8. The third-order valence-corrected chi connectivity index (χ3v) is 12.6. The summed E-state index contributed by atoms with van der Waals surface area (Å²) in [6.45, 7) is 8.91. The van der Waals surface area contributed by atoms with E-state index in [1.807, 2.05) is 18.3 Å². The molecule has 5 amide bonds. The molecule has 21 nitrogen and oxygen atoms in total. The summed E-state index contributed by atoms with van der Waals surface area (Å²) >= 11 is 0. The minimum absolute atomic E-state index is 0.0330. The lowest BCUT2D eigenvalue weighted by Gasteiger charge is -2.35. The molecule has 8 rings (SSSR count). The van der Waals surface area contributed by atoms with Gasteiger partial charge >= 0.3 is 0 Å². The summed E-state index contributed by atoms with van der Waals surface area (Å²) in [5.74, 6) is -1.00. The highest BCUT2D eigenvalue weighted by Gasteiger charge is 2.46. The Morgan fingerprint density at radius 2 is 1.43 bits per heavy atom. The Hall–Kier alpha value is -6.10. The lowest BCUT2D eigenvalue weighted by atomic mass is 10.0. The van der Waals surface area contributed by atoms with Crippen molar-refractivity contribution >= 4 is 58.0 Å². The van der Waals surface area contributed by atoms with Gasteiger partial charge in [-0.1, -0.05) is 18.9 Å². The number of fused-ring (bicyclic) bond motifs is 2. The second-order valence-corrected chi connectivity index (χ2v) is 17.4. The maximum Gasteiger partial charge on any atom is 0.270 e. The Labute approximate surface area is 400 Å². The van der Waals surface area contributed by atoms with Crippen LogP contribution in [0.4, 0.5) is 17.5 Å². The summed E-state index contributed by atoms with van der Waals surface area (Å²) in [5, 5.41) is 6.31. The van der Waals surface area contributed by atoms with E-state index >= 15 is 0 Å². The molecule has 1 unspecified atom stereocenters. The number of hydrogen-bond acceptors (Lipinski definition) is 17. The van der Waals surface area contributed by atoms with Crippen molar-refractivity contribution in [3.8, 4) is 5.75 Å². The Kier molecular flexibility index (Phi) is 17.1. The van der Waals surface area contributed by atoms with E-state index in [2.05, 4.69) is 41.0 Å². The molecule has 0 spiro atoms. The minimum Gasteiger partial charge on any atom is -0.490 e. The van der Waals surface area contributed by atoms with Gasteiger partial charge in [-0.3, -0.25) is 39.1 Å². The number of piperazine rings is 1. The Morgan fingerprint density at radius 3 is 2.07 bits per heavy atom. The maximum atomic E-state index is 13.2. The van der Waals surface area contributed by atoms with Crippen LogP contribution in [0.15, 0.2) is 48.8 Å². The van der Waals surface area contributed by atoms with Crippen molar-refractivity contribution < 1.29 is 52.4 Å². The Balaban J connectivity index is 0.617. The van der Waals surface area contributed by atoms with Gasteiger partial charge in [0, 0.05) is 70.9 Å². The van der Waals surface area contributed by atoms with Crippen LogP contribution in [0.5, 0.6) is 5.75 Å². The summed E-state index contributed by atoms with van der Waals surface area (Å²) in [6, 6.07) is 9.85. The zero-order valence-electron chi connectivity index (χ0n) is 39.4. The average Bonchev–Trinajstić information content (AvgIpc) is 4.08. The number of anilines is 3. The first-order chi connectivity index (χ1) is 33.7. The van der Waals surface area contributed by atoms with Gasteiger partial charge in [0.25, 0.3) is 17.7 Å². The average molecular weight is 955 g/mol. The van der Waals surface area contributed by atoms with Gasteiger partial charge in [-0.15, -0.1) is 0 Å². The summed E-state index contributed by atoms with van der Waals surface area (Å²) in [4.78, 5) is 84.5. The van der Waals surface area contributed by atoms with Crippen LogP contribution in [0.2, 0.25) is 0 Å². The van der Waals surface area contributed by atoms with Gasteiger partial charge in [0.05, 0.1) is 89.1 Å². The van der Waals surface area contributed by atoms with E-state index in [9.17, 15) is 24.0 Å². The van der Waals surface area contributed by atoms with Gasteiger partial charge in [-0.2, -0.15) is 4.98 Å². The standard InChI is InChI=1S/C48H62N10O11/c1-54(2)46(62)38-30-33-31-50-48(53-43(33)57(38)34-6-3-4-7-34)51-40-12-10-35(32-49-40)56-16-14-55(15-17-56)18-19-64-20-21-65-22-23-66-24-25-67-26-27-68-28-29-69-39-9-5-8-36-42(39)47(63)58(45(36)61)37-11-13-41(59)52-44(37)60/h5,8-10,12,30-32,34,37H,3-4,6-7,11,13-29H2,1-2H3,(H,52,59,60)(H,49,50,51,53). The number of imide groups is 2. The molecule has 6 heterocycles. The van der Waals surface area contributed by atoms with E-state index < -0.39 is 29.7 Å². The van der Waals surface area contributed by atoms with Crippen LogP contribution < -0.4 is 20.3 Å². The fraction of sp³-hybridized carbons (Fsp3) is 0.542. The highest BCUT2D eigenvalue weighted by atomic mass is 16.6. The summed E-state index contributed by atoms with van der Waals surface area (Å²) < 4.78 is 36.1. The lowest BCUT2D eigenvalue weighted by molar-refractivity contribution is -0.136. The molecule has 2 N–H and O–H groups in total. The predicted molar refractivity (Wildman–Crippen MR) is 252 cm³/mol. The molecule has 4 aromatic rings. The minimum atomic E-state index is -1.04. The second kappa shape index (κ2) is 24.0. The van der Waals surface area contributed by atoms with E-state index in [1.165, 1.54) is 6.07 Å². The van der Waals surface area contributed by atoms with E-state index in [4.69, 9.17) is 33.4 Å². The molecule has 3 fully saturated rings.